The molecule has 1 amide bonds. The monoisotopic (exact) mass is 374 g/mol. The van der Waals surface area contributed by atoms with E-state index in [1.165, 1.54) is 29.2 Å². The third-order valence-electron chi connectivity index (χ3n) is 3.78. The predicted octanol–water partition coefficient (Wildman–Crippen LogP) is 3.29. The molecule has 0 bridgehead atoms. The fourth-order valence-corrected chi connectivity index (χ4v) is 3.06. The van der Waals surface area contributed by atoms with Crippen molar-refractivity contribution < 1.29 is 17.6 Å². The maximum absolute atomic E-state index is 13.8. The van der Waals surface area contributed by atoms with E-state index in [0.29, 0.717) is 5.56 Å². The number of rotatable bonds is 5. The topological polar surface area (TPSA) is 78.2 Å². The highest BCUT2D eigenvalue weighted by atomic mass is 32.2. The second-order valence-corrected chi connectivity index (χ2v) is 8.32. The molecular weight excluding hydrogens is 355 g/mol. The molecule has 0 radical (unpaired) electrons. The van der Waals surface area contributed by atoms with Crippen LogP contribution >= 0.6 is 0 Å². The van der Waals surface area contributed by atoms with Gasteiger partial charge in [-0.25, -0.2) is 12.8 Å². The maximum Gasteiger partial charge on any atom is 0.229 e. The second-order valence-electron chi connectivity index (χ2n) is 6.31. The first kappa shape index (κ1) is 19.6. The molecule has 0 heterocycles. The van der Waals surface area contributed by atoms with Gasteiger partial charge in [-0.3, -0.25) is 4.79 Å². The van der Waals surface area contributed by atoms with Crippen molar-refractivity contribution in [2.24, 2.45) is 5.92 Å². The fourth-order valence-electron chi connectivity index (χ4n) is 2.43. The number of carbonyl (C=O) groups excluding carboxylic acids is 1. The van der Waals surface area contributed by atoms with Crippen LogP contribution in [-0.4, -0.2) is 20.6 Å². The normalized spacial score (nSPS) is 11.2. The van der Waals surface area contributed by atoms with Crippen molar-refractivity contribution in [1.82, 2.24) is 0 Å². The van der Waals surface area contributed by atoms with E-state index >= 15 is 0 Å². The van der Waals surface area contributed by atoms with Gasteiger partial charge < -0.3 is 4.90 Å². The van der Waals surface area contributed by atoms with Crippen LogP contribution < -0.4 is 4.90 Å². The minimum atomic E-state index is -3.31. The molecule has 0 aromatic heterocycles. The van der Waals surface area contributed by atoms with Gasteiger partial charge in [-0.15, -0.1) is 0 Å². The summed E-state index contributed by atoms with van der Waals surface area (Å²) in [5.74, 6) is -1.17. The van der Waals surface area contributed by atoms with Crippen molar-refractivity contribution in [3.05, 3.63) is 59.4 Å². The molecule has 0 aliphatic rings. The standard InChI is InChI=1S/C19H19FN2O3S/c1-13(2)19(23)22(17-9-15(11-21)8-16(20)10-17)12-14-4-6-18(7-5-14)26(3,24)25/h4-10,13H,12H2,1-3H3. The molecule has 5 nitrogen and oxygen atoms in total. The zero-order valence-corrected chi connectivity index (χ0v) is 15.5. The highest BCUT2D eigenvalue weighted by molar-refractivity contribution is 7.90. The van der Waals surface area contributed by atoms with Crippen LogP contribution in [0.3, 0.4) is 0 Å². The summed E-state index contributed by atoms with van der Waals surface area (Å²) >= 11 is 0. The van der Waals surface area contributed by atoms with Crippen molar-refractivity contribution in [3.8, 4) is 6.07 Å². The summed E-state index contributed by atoms with van der Waals surface area (Å²) in [7, 11) is -3.31. The first-order valence-electron chi connectivity index (χ1n) is 7.93. The molecule has 0 fully saturated rings. The van der Waals surface area contributed by atoms with Gasteiger partial charge in [-0.2, -0.15) is 5.26 Å². The Labute approximate surface area is 152 Å². The SMILES string of the molecule is CC(C)C(=O)N(Cc1ccc(S(C)(=O)=O)cc1)c1cc(F)cc(C#N)c1. The zero-order chi connectivity index (χ0) is 19.5. The molecule has 2 rings (SSSR count). The van der Waals surface area contributed by atoms with Gasteiger partial charge in [-0.1, -0.05) is 26.0 Å². The Kier molecular flexibility index (Phi) is 5.78. The van der Waals surface area contributed by atoms with Gasteiger partial charge in [-0.05, 0) is 35.9 Å². The molecule has 0 unspecified atom stereocenters. The molecular formula is C19H19FN2O3S. The maximum atomic E-state index is 13.8. The van der Waals surface area contributed by atoms with Gasteiger partial charge in [0, 0.05) is 17.9 Å². The van der Waals surface area contributed by atoms with Crippen molar-refractivity contribution in [2.75, 3.05) is 11.2 Å². The van der Waals surface area contributed by atoms with Crippen LogP contribution in [0.15, 0.2) is 47.4 Å². The Morgan fingerprint density at radius 1 is 1.19 bits per heavy atom. The Bertz CT molecular complexity index is 961. The van der Waals surface area contributed by atoms with Gasteiger partial charge in [0.2, 0.25) is 5.91 Å². The van der Waals surface area contributed by atoms with E-state index in [0.717, 1.165) is 12.3 Å². The third kappa shape index (κ3) is 4.67. The number of hydrogen-bond donors (Lipinski definition) is 0. The Balaban J connectivity index is 2.42. The van der Waals surface area contributed by atoms with Crippen LogP contribution in [0, 0.1) is 23.1 Å². The van der Waals surface area contributed by atoms with Crippen molar-refractivity contribution >= 4 is 21.4 Å². The van der Waals surface area contributed by atoms with Crippen molar-refractivity contribution in [2.45, 2.75) is 25.3 Å². The van der Waals surface area contributed by atoms with E-state index in [2.05, 4.69) is 0 Å². The summed E-state index contributed by atoms with van der Waals surface area (Å²) < 4.78 is 36.9. The third-order valence-corrected chi connectivity index (χ3v) is 4.90. The van der Waals surface area contributed by atoms with Crippen LogP contribution in [0.4, 0.5) is 10.1 Å². The number of sulfone groups is 1. The lowest BCUT2D eigenvalue weighted by Gasteiger charge is -2.25. The van der Waals surface area contributed by atoms with E-state index < -0.39 is 15.7 Å². The molecule has 0 saturated heterocycles. The second kappa shape index (κ2) is 7.67. The lowest BCUT2D eigenvalue weighted by molar-refractivity contribution is -0.121. The first-order chi connectivity index (χ1) is 12.1. The van der Waals surface area contributed by atoms with Crippen LogP contribution in [0.25, 0.3) is 0 Å². The van der Waals surface area contributed by atoms with Crippen LogP contribution in [0.2, 0.25) is 0 Å². The Morgan fingerprint density at radius 2 is 1.81 bits per heavy atom. The number of carbonyl (C=O) groups is 1. The molecule has 2 aromatic rings. The van der Waals surface area contributed by atoms with Crippen molar-refractivity contribution in [3.63, 3.8) is 0 Å². The quantitative estimate of drug-likeness (QED) is 0.804. The summed E-state index contributed by atoms with van der Waals surface area (Å²) in [6, 6.07) is 11.8. The minimum Gasteiger partial charge on any atom is -0.308 e. The molecule has 26 heavy (non-hydrogen) atoms. The average molecular weight is 374 g/mol. The molecule has 0 N–H and O–H groups in total. The molecule has 136 valence electrons. The first-order valence-corrected chi connectivity index (χ1v) is 9.82. The fraction of sp³-hybridized carbons (Fsp3) is 0.263. The van der Waals surface area contributed by atoms with E-state index in [4.69, 9.17) is 5.26 Å². The molecule has 2 aromatic carbocycles. The highest BCUT2D eigenvalue weighted by Gasteiger charge is 2.21. The Hall–Kier alpha value is -2.72. The van der Waals surface area contributed by atoms with E-state index in [9.17, 15) is 17.6 Å². The number of hydrogen-bond acceptors (Lipinski definition) is 4. The Morgan fingerprint density at radius 3 is 2.31 bits per heavy atom. The van der Waals surface area contributed by atoms with Crippen LogP contribution in [0.1, 0.15) is 25.0 Å². The predicted molar refractivity (Wildman–Crippen MR) is 96.7 cm³/mol. The number of nitriles is 1. The number of halogens is 1. The lowest BCUT2D eigenvalue weighted by Crippen LogP contribution is -2.34. The highest BCUT2D eigenvalue weighted by Crippen LogP contribution is 2.23. The molecule has 0 saturated carbocycles. The minimum absolute atomic E-state index is 0.119. The van der Waals surface area contributed by atoms with E-state index in [-0.39, 0.29) is 34.5 Å². The summed E-state index contributed by atoms with van der Waals surface area (Å²) in [5.41, 5.74) is 1.09. The summed E-state index contributed by atoms with van der Waals surface area (Å²) in [6.07, 6.45) is 1.12. The lowest BCUT2D eigenvalue weighted by atomic mass is 10.1. The van der Waals surface area contributed by atoms with E-state index in [1.54, 1.807) is 26.0 Å². The number of anilines is 1. The van der Waals surface area contributed by atoms with Gasteiger partial charge in [0.1, 0.15) is 5.82 Å². The van der Waals surface area contributed by atoms with Gasteiger partial charge in [0.05, 0.1) is 23.1 Å². The summed E-state index contributed by atoms with van der Waals surface area (Å²) in [6.45, 7) is 3.59. The molecule has 0 spiro atoms. The van der Waals surface area contributed by atoms with Gasteiger partial charge in [0.25, 0.3) is 0 Å². The number of nitrogens with zero attached hydrogens (tertiary/aromatic N) is 2. The molecule has 7 heteroatoms. The smallest absolute Gasteiger partial charge is 0.229 e. The molecule has 0 aliphatic heterocycles. The zero-order valence-electron chi connectivity index (χ0n) is 14.7. The van der Waals surface area contributed by atoms with Gasteiger partial charge >= 0.3 is 0 Å². The van der Waals surface area contributed by atoms with Crippen molar-refractivity contribution in [1.29, 1.82) is 5.26 Å². The number of amides is 1. The van der Waals surface area contributed by atoms with E-state index in [1.807, 2.05) is 6.07 Å². The molecule has 0 atom stereocenters. The molecule has 0 aliphatic carbocycles. The average Bonchev–Trinajstić information content (AvgIpc) is 2.58. The summed E-state index contributed by atoms with van der Waals surface area (Å²) in [5, 5.41) is 9.04. The largest absolute Gasteiger partial charge is 0.308 e. The van der Waals surface area contributed by atoms with Crippen LogP contribution in [0.5, 0.6) is 0 Å². The number of benzene rings is 2. The van der Waals surface area contributed by atoms with Crippen LogP contribution in [-0.2, 0) is 21.2 Å². The summed E-state index contributed by atoms with van der Waals surface area (Å²) in [4.78, 5) is 14.2. The van der Waals surface area contributed by atoms with Gasteiger partial charge in [0.15, 0.2) is 9.84 Å².